The molecule has 1 unspecified atom stereocenters. The lowest BCUT2D eigenvalue weighted by Crippen LogP contribution is -2.11. The molecule has 0 spiro atoms. The molecular weight excluding hydrogens is 160 g/mol. The summed E-state index contributed by atoms with van der Waals surface area (Å²) < 4.78 is 0. The van der Waals surface area contributed by atoms with E-state index >= 15 is 0 Å². The predicted molar refractivity (Wildman–Crippen MR) is 42.8 cm³/mol. The van der Waals surface area contributed by atoms with Gasteiger partial charge in [0.15, 0.2) is 0 Å². The van der Waals surface area contributed by atoms with Gasteiger partial charge in [-0.05, 0) is 12.3 Å². The van der Waals surface area contributed by atoms with Crippen LogP contribution in [0.1, 0.15) is 20.3 Å². The minimum absolute atomic E-state index is 0.0509. The van der Waals surface area contributed by atoms with E-state index in [1.165, 1.54) is 0 Å². The average molecular weight is 172 g/mol. The molecule has 0 fully saturated rings. The first-order chi connectivity index (χ1) is 5.49. The zero-order chi connectivity index (χ0) is 9.72. The van der Waals surface area contributed by atoms with Crippen LogP contribution >= 0.6 is 0 Å². The maximum atomic E-state index is 10.5. The van der Waals surface area contributed by atoms with Crippen molar-refractivity contribution in [3.8, 4) is 0 Å². The Morgan fingerprint density at radius 2 is 1.92 bits per heavy atom. The molecule has 0 rings (SSSR count). The van der Waals surface area contributed by atoms with Crippen LogP contribution in [0.3, 0.4) is 0 Å². The second kappa shape index (κ2) is 4.54. The Kier molecular flexibility index (Phi) is 4.04. The van der Waals surface area contributed by atoms with Crippen molar-refractivity contribution in [1.29, 1.82) is 0 Å². The van der Waals surface area contributed by atoms with Gasteiger partial charge in [0, 0.05) is 11.6 Å². The molecule has 0 aromatic heterocycles. The van der Waals surface area contributed by atoms with E-state index in [1.54, 1.807) is 6.92 Å². The van der Waals surface area contributed by atoms with Crippen LogP contribution in [-0.2, 0) is 9.59 Å². The highest BCUT2D eigenvalue weighted by Gasteiger charge is 2.15. The van der Waals surface area contributed by atoms with E-state index in [2.05, 4.69) is 0 Å². The molecule has 4 nitrogen and oxygen atoms in total. The van der Waals surface area contributed by atoms with Gasteiger partial charge < -0.3 is 10.2 Å². The smallest absolute Gasteiger partial charge is 0.332 e. The third-order valence-corrected chi connectivity index (χ3v) is 1.67. The van der Waals surface area contributed by atoms with Crippen LogP contribution in [-0.4, -0.2) is 22.2 Å². The van der Waals surface area contributed by atoms with E-state index in [0.29, 0.717) is 6.42 Å². The average Bonchev–Trinajstić information content (AvgIpc) is 1.98. The fourth-order valence-corrected chi connectivity index (χ4v) is 0.768. The summed E-state index contributed by atoms with van der Waals surface area (Å²) >= 11 is 0. The third-order valence-electron chi connectivity index (χ3n) is 1.67. The number of rotatable bonds is 4. The fourth-order valence-electron chi connectivity index (χ4n) is 0.768. The van der Waals surface area contributed by atoms with E-state index < -0.39 is 11.9 Å². The highest BCUT2D eigenvalue weighted by atomic mass is 16.4. The molecule has 0 aromatic rings. The van der Waals surface area contributed by atoms with E-state index in [0.717, 1.165) is 6.08 Å². The molecule has 0 radical (unpaired) electrons. The van der Waals surface area contributed by atoms with Crippen LogP contribution in [0, 0.1) is 5.92 Å². The lowest BCUT2D eigenvalue weighted by Gasteiger charge is -2.07. The van der Waals surface area contributed by atoms with Crippen molar-refractivity contribution in [3.05, 3.63) is 11.6 Å². The summed E-state index contributed by atoms with van der Waals surface area (Å²) in [5, 5.41) is 16.9. The molecule has 1 atom stereocenters. The molecule has 0 saturated heterocycles. The molecule has 0 saturated carbocycles. The van der Waals surface area contributed by atoms with Gasteiger partial charge in [0.05, 0.1) is 0 Å². The number of hydrogen-bond acceptors (Lipinski definition) is 2. The molecule has 12 heavy (non-hydrogen) atoms. The Hall–Kier alpha value is -1.32. The molecule has 68 valence electrons. The molecule has 0 aromatic carbocycles. The normalized spacial score (nSPS) is 14.0. The van der Waals surface area contributed by atoms with Gasteiger partial charge >= 0.3 is 11.9 Å². The minimum atomic E-state index is -1.22. The quantitative estimate of drug-likeness (QED) is 0.623. The monoisotopic (exact) mass is 172 g/mol. The van der Waals surface area contributed by atoms with Crippen molar-refractivity contribution < 1.29 is 19.8 Å². The second-order valence-electron chi connectivity index (χ2n) is 2.55. The van der Waals surface area contributed by atoms with Crippen LogP contribution in [0.25, 0.3) is 0 Å². The molecule has 0 heterocycles. The largest absolute Gasteiger partial charge is 0.478 e. The summed E-state index contributed by atoms with van der Waals surface area (Å²) in [6.07, 6.45) is 1.36. The van der Waals surface area contributed by atoms with E-state index in [9.17, 15) is 9.59 Å². The zero-order valence-electron chi connectivity index (χ0n) is 7.07. The standard InChI is InChI=1S/C8H12O4/c1-3-5(2)6(8(11)12)4-7(9)10/h4-5H,3H2,1-2H3,(H,9,10)(H,11,12)/b6-4+. The minimum Gasteiger partial charge on any atom is -0.478 e. The summed E-state index contributed by atoms with van der Waals surface area (Å²) in [5.41, 5.74) is -0.0509. The molecule has 0 amide bonds. The first-order valence-electron chi connectivity index (χ1n) is 3.66. The predicted octanol–water partition coefficient (Wildman–Crippen LogP) is 1.13. The van der Waals surface area contributed by atoms with Crippen LogP contribution < -0.4 is 0 Å². The Labute approximate surface area is 70.5 Å². The Morgan fingerprint density at radius 3 is 2.17 bits per heavy atom. The second-order valence-corrected chi connectivity index (χ2v) is 2.55. The van der Waals surface area contributed by atoms with Crippen LogP contribution in [0.5, 0.6) is 0 Å². The van der Waals surface area contributed by atoms with Gasteiger partial charge in [-0.25, -0.2) is 9.59 Å². The highest BCUT2D eigenvalue weighted by Crippen LogP contribution is 2.13. The summed E-state index contributed by atoms with van der Waals surface area (Å²) in [6, 6.07) is 0. The molecule has 0 aliphatic rings. The lowest BCUT2D eigenvalue weighted by molar-refractivity contribution is -0.135. The van der Waals surface area contributed by atoms with Gasteiger partial charge in [0.2, 0.25) is 0 Å². The summed E-state index contributed by atoms with van der Waals surface area (Å²) in [6.45, 7) is 3.49. The lowest BCUT2D eigenvalue weighted by atomic mass is 9.98. The number of carboxylic acids is 2. The number of carboxylic acid groups (broad SMARTS) is 2. The molecule has 0 bridgehead atoms. The van der Waals surface area contributed by atoms with Gasteiger partial charge in [-0.3, -0.25) is 0 Å². The van der Waals surface area contributed by atoms with Crippen molar-refractivity contribution >= 4 is 11.9 Å². The van der Waals surface area contributed by atoms with Crippen molar-refractivity contribution in [2.75, 3.05) is 0 Å². The van der Waals surface area contributed by atoms with Crippen LogP contribution in [0.4, 0.5) is 0 Å². The first-order valence-corrected chi connectivity index (χ1v) is 3.66. The molecule has 0 aliphatic heterocycles. The third kappa shape index (κ3) is 3.18. The van der Waals surface area contributed by atoms with Gasteiger partial charge in [0.1, 0.15) is 0 Å². The van der Waals surface area contributed by atoms with Crippen molar-refractivity contribution in [1.82, 2.24) is 0 Å². The summed E-state index contributed by atoms with van der Waals surface area (Å²) in [7, 11) is 0. The number of carbonyl (C=O) groups is 2. The maximum Gasteiger partial charge on any atom is 0.332 e. The van der Waals surface area contributed by atoms with Gasteiger partial charge in [-0.2, -0.15) is 0 Å². The Bertz CT molecular complexity index is 217. The zero-order valence-corrected chi connectivity index (χ0v) is 7.07. The van der Waals surface area contributed by atoms with E-state index in [-0.39, 0.29) is 11.5 Å². The highest BCUT2D eigenvalue weighted by molar-refractivity contribution is 5.94. The molecule has 4 heteroatoms. The SMILES string of the molecule is CCC(C)/C(=C\C(=O)O)C(=O)O. The fraction of sp³-hybridized carbons (Fsp3) is 0.500. The van der Waals surface area contributed by atoms with E-state index in [4.69, 9.17) is 10.2 Å². The molecular formula is C8H12O4. The Morgan fingerprint density at radius 1 is 1.42 bits per heavy atom. The summed E-state index contributed by atoms with van der Waals surface area (Å²) in [5.74, 6) is -2.60. The van der Waals surface area contributed by atoms with Crippen molar-refractivity contribution in [2.45, 2.75) is 20.3 Å². The van der Waals surface area contributed by atoms with Crippen molar-refractivity contribution in [2.24, 2.45) is 5.92 Å². The van der Waals surface area contributed by atoms with E-state index in [1.807, 2.05) is 6.92 Å². The first kappa shape index (κ1) is 10.7. The number of aliphatic carboxylic acids is 2. The van der Waals surface area contributed by atoms with Gasteiger partial charge in [-0.1, -0.05) is 13.8 Å². The van der Waals surface area contributed by atoms with Gasteiger partial charge in [-0.15, -0.1) is 0 Å². The molecule has 0 aliphatic carbocycles. The van der Waals surface area contributed by atoms with Gasteiger partial charge in [0.25, 0.3) is 0 Å². The summed E-state index contributed by atoms with van der Waals surface area (Å²) in [4.78, 5) is 20.7. The Balaban J connectivity index is 4.66. The van der Waals surface area contributed by atoms with Crippen molar-refractivity contribution in [3.63, 3.8) is 0 Å². The topological polar surface area (TPSA) is 74.6 Å². The van der Waals surface area contributed by atoms with Crippen LogP contribution in [0.15, 0.2) is 11.6 Å². The molecule has 2 N–H and O–H groups in total. The number of hydrogen-bond donors (Lipinski definition) is 2. The maximum absolute atomic E-state index is 10.5. The van der Waals surface area contributed by atoms with Crippen LogP contribution in [0.2, 0.25) is 0 Å².